The maximum absolute atomic E-state index is 13.5. The Morgan fingerprint density at radius 2 is 1.35 bits per heavy atom. The number of halogens is 6. The van der Waals surface area contributed by atoms with Gasteiger partial charge in [0.2, 0.25) is 0 Å². The van der Waals surface area contributed by atoms with E-state index in [2.05, 4.69) is 0 Å². The van der Waals surface area contributed by atoms with Crippen molar-refractivity contribution in [2.45, 2.75) is 38.7 Å². The van der Waals surface area contributed by atoms with Crippen molar-refractivity contribution >= 4 is 48.7 Å². The number of hydrogen-bond acceptors (Lipinski definition) is 8. The van der Waals surface area contributed by atoms with Crippen molar-refractivity contribution in [3.05, 3.63) is 83.5 Å². The Balaban J connectivity index is 0.00000650. The van der Waals surface area contributed by atoms with Gasteiger partial charge in [-0.2, -0.15) is 26.3 Å². The molecule has 0 radical (unpaired) electrons. The number of imidazole rings is 1. The second-order valence-corrected chi connectivity index (χ2v) is 13.9. The second-order valence-electron chi connectivity index (χ2n) is 10.9. The van der Waals surface area contributed by atoms with Gasteiger partial charge in [0.05, 0.1) is 56.3 Å². The van der Waals surface area contributed by atoms with Crippen molar-refractivity contribution in [3.8, 4) is 0 Å². The first-order valence-corrected chi connectivity index (χ1v) is 17.6. The third kappa shape index (κ3) is 10.1. The smallest absolute Gasteiger partial charge is 0.748 e. The Morgan fingerprint density at radius 3 is 1.92 bits per heavy atom. The summed E-state index contributed by atoms with van der Waals surface area (Å²) in [6.07, 6.45) is -1.78. The predicted octanol–water partition coefficient (Wildman–Crippen LogP) is 2.14. The van der Waals surface area contributed by atoms with Gasteiger partial charge in [-0.3, -0.25) is 0 Å². The van der Waals surface area contributed by atoms with Crippen LogP contribution in [0.1, 0.15) is 36.7 Å². The molecule has 262 valence electrons. The van der Waals surface area contributed by atoms with Crippen molar-refractivity contribution in [1.29, 1.82) is 0 Å². The van der Waals surface area contributed by atoms with Crippen LogP contribution in [0.2, 0.25) is 0 Å². The third-order valence-corrected chi connectivity index (χ3v) is 9.17. The summed E-state index contributed by atoms with van der Waals surface area (Å²) >= 11 is 0. The van der Waals surface area contributed by atoms with E-state index in [1.807, 2.05) is 0 Å². The maximum Gasteiger partial charge on any atom is 1.00 e. The molecule has 49 heavy (non-hydrogen) atoms. The van der Waals surface area contributed by atoms with Crippen LogP contribution in [0.15, 0.2) is 66.5 Å². The molecule has 3 aromatic rings. The summed E-state index contributed by atoms with van der Waals surface area (Å²) < 4.78 is 151. The fourth-order valence-electron chi connectivity index (χ4n) is 5.49. The third-order valence-electron chi connectivity index (χ3n) is 7.59. The van der Waals surface area contributed by atoms with Crippen LogP contribution in [0.4, 0.5) is 37.7 Å². The summed E-state index contributed by atoms with van der Waals surface area (Å²) in [7, 11) is -7.53. The van der Waals surface area contributed by atoms with E-state index in [0.717, 1.165) is 24.3 Å². The van der Waals surface area contributed by atoms with E-state index in [4.69, 9.17) is 0 Å². The van der Waals surface area contributed by atoms with Gasteiger partial charge in [-0.15, -0.1) is 0 Å². The summed E-state index contributed by atoms with van der Waals surface area (Å²) in [5.74, 6) is -0.637. The molecule has 0 saturated heterocycles. The van der Waals surface area contributed by atoms with Crippen LogP contribution in [0, 0.1) is 0 Å². The van der Waals surface area contributed by atoms with Gasteiger partial charge in [0.1, 0.15) is 5.82 Å². The molecule has 0 saturated carbocycles. The topological polar surface area (TPSA) is 130 Å². The fourth-order valence-corrected chi connectivity index (χ4v) is 6.46. The van der Waals surface area contributed by atoms with E-state index in [0.29, 0.717) is 29.4 Å². The van der Waals surface area contributed by atoms with Crippen LogP contribution in [-0.2, 0) is 46.2 Å². The van der Waals surface area contributed by atoms with Crippen LogP contribution >= 0.6 is 0 Å². The molecule has 0 fully saturated rings. The molecule has 19 heteroatoms. The molecule has 10 nitrogen and oxygen atoms in total. The van der Waals surface area contributed by atoms with E-state index < -0.39 is 55.2 Å². The molecule has 0 bridgehead atoms. The Morgan fingerprint density at radius 1 is 0.776 bits per heavy atom. The van der Waals surface area contributed by atoms with E-state index >= 15 is 0 Å². The first kappa shape index (κ1) is 40.6. The van der Waals surface area contributed by atoms with Crippen LogP contribution in [0.25, 0.3) is 17.1 Å². The summed E-state index contributed by atoms with van der Waals surface area (Å²) in [6.45, 7) is 1.95. The average Bonchev–Trinajstić information content (AvgIpc) is 3.40. The molecular formula is C30H31F6N4NaO6S2. The summed E-state index contributed by atoms with van der Waals surface area (Å²) in [6, 6.07) is 6.34. The van der Waals surface area contributed by atoms with E-state index in [-0.39, 0.29) is 66.7 Å². The number of hydrogen-bond donors (Lipinski definition) is 0. The molecule has 1 aliphatic heterocycles. The standard InChI is InChI=1S/C30H32F6N4O6S2.Na/c1-3-38-24-14-12-22(30(34,35)36)20-26(24)40(16-8-18-48(44,45)46)28(38)10-6-4-5-9-27-37(2)23-13-11-21(29(31,32)33)19-25(23)39(27)15-7-17-47(41,42)43;/h4-6,9-14,19-20H,3,7-8,15-18H2,1-2H3,(H-,41,42,43,44,45,46);/q;+1/p-1. The van der Waals surface area contributed by atoms with E-state index in [1.165, 1.54) is 21.6 Å². The number of allylic oxidation sites excluding steroid dienone is 4. The normalized spacial score (nSPS) is 15.3. The number of aromatic nitrogens is 2. The quantitative estimate of drug-likeness (QED) is 0.0908. The van der Waals surface area contributed by atoms with Gasteiger partial charge in [-0.05, 0) is 56.2 Å². The van der Waals surface area contributed by atoms with Crippen molar-refractivity contribution in [1.82, 2.24) is 4.57 Å². The number of benzene rings is 2. The minimum Gasteiger partial charge on any atom is -0.748 e. The molecule has 0 N–H and O–H groups in total. The van der Waals surface area contributed by atoms with E-state index in [9.17, 15) is 52.3 Å². The van der Waals surface area contributed by atoms with Gasteiger partial charge in [0, 0.05) is 36.7 Å². The largest absolute Gasteiger partial charge is 1.00 e. The van der Waals surface area contributed by atoms with Gasteiger partial charge >= 0.3 is 41.9 Å². The SMILES string of the molecule is CCN1\C(=C/C=C/C=C/c2n(CCCS(=O)(=O)[O-])c3cc(C(F)(F)F)ccc3[n+]2C)N(CCCS(=O)(=O)[O-])c2cc(C(F)(F)F)ccc21.[Na+]. The van der Waals surface area contributed by atoms with Crippen molar-refractivity contribution in [2.75, 3.05) is 34.4 Å². The molecule has 2 heterocycles. The summed E-state index contributed by atoms with van der Waals surface area (Å²) in [5, 5.41) is 0. The van der Waals surface area contributed by atoms with Crippen molar-refractivity contribution < 1.29 is 86.4 Å². The van der Waals surface area contributed by atoms with Crippen molar-refractivity contribution in [3.63, 3.8) is 0 Å². The molecule has 2 aromatic carbocycles. The number of fused-ring (bicyclic) bond motifs is 2. The Hall–Kier alpha value is -2.87. The molecule has 1 aromatic heterocycles. The number of alkyl halides is 6. The zero-order valence-electron chi connectivity index (χ0n) is 26.6. The summed E-state index contributed by atoms with van der Waals surface area (Å²) in [5.41, 5.74) is -0.615. The number of rotatable bonds is 12. The summed E-state index contributed by atoms with van der Waals surface area (Å²) in [4.78, 5) is 3.21. The Labute approximate surface area is 301 Å². The minimum atomic E-state index is -4.64. The number of aryl methyl sites for hydroxylation is 2. The fraction of sp³-hybridized carbons (Fsp3) is 0.367. The van der Waals surface area contributed by atoms with Gasteiger partial charge in [0.25, 0.3) is 5.82 Å². The molecule has 0 spiro atoms. The molecule has 0 aliphatic carbocycles. The predicted molar refractivity (Wildman–Crippen MR) is 165 cm³/mol. The second kappa shape index (κ2) is 15.6. The van der Waals surface area contributed by atoms with E-state index in [1.54, 1.807) is 53.8 Å². The molecule has 1 aliphatic rings. The van der Waals surface area contributed by atoms with Crippen LogP contribution in [-0.4, -0.2) is 55.1 Å². The molecule has 4 rings (SSSR count). The molecule has 0 amide bonds. The minimum absolute atomic E-state index is 0. The van der Waals surface area contributed by atoms with Gasteiger partial charge < -0.3 is 18.9 Å². The van der Waals surface area contributed by atoms with Gasteiger partial charge in [0.15, 0.2) is 11.0 Å². The molecule has 0 unspecified atom stereocenters. The number of nitrogens with zero attached hydrogens (tertiary/aromatic N) is 4. The Kier molecular flexibility index (Phi) is 12.9. The van der Waals surface area contributed by atoms with Crippen molar-refractivity contribution in [2.24, 2.45) is 7.05 Å². The van der Waals surface area contributed by atoms with Crippen LogP contribution in [0.3, 0.4) is 0 Å². The zero-order chi connectivity index (χ0) is 35.7. The first-order valence-electron chi connectivity index (χ1n) is 14.5. The maximum atomic E-state index is 13.5. The van der Waals surface area contributed by atoms with Gasteiger partial charge in [-0.1, -0.05) is 18.2 Å². The monoisotopic (exact) mass is 744 g/mol. The molecule has 0 atom stereocenters. The van der Waals surface area contributed by atoms with Gasteiger partial charge in [-0.25, -0.2) is 26.0 Å². The van der Waals surface area contributed by atoms with Crippen LogP contribution < -0.4 is 43.9 Å². The Bertz CT molecular complexity index is 1990. The zero-order valence-corrected chi connectivity index (χ0v) is 30.3. The first-order chi connectivity index (χ1) is 22.2. The molecular weight excluding hydrogens is 713 g/mol. The average molecular weight is 745 g/mol. The van der Waals surface area contributed by atoms with Crippen LogP contribution in [0.5, 0.6) is 0 Å². The number of anilines is 2.